The Hall–Kier alpha value is -1.35. The van der Waals surface area contributed by atoms with Crippen molar-refractivity contribution >= 4 is 5.97 Å². The number of likely N-dealkylation sites (tertiary alicyclic amines) is 1. The van der Waals surface area contributed by atoms with Crippen molar-refractivity contribution in [2.75, 3.05) is 13.1 Å². The quantitative estimate of drug-likeness (QED) is 0.748. The van der Waals surface area contributed by atoms with Gasteiger partial charge in [-0.15, -0.1) is 0 Å². The number of carbonyl (C=O) groups excluding carboxylic acids is 1. The number of hydrogen-bond donors (Lipinski definition) is 0. The van der Waals surface area contributed by atoms with E-state index in [4.69, 9.17) is 4.74 Å². The molecule has 1 fully saturated rings. The molecule has 0 N–H and O–H groups in total. The summed E-state index contributed by atoms with van der Waals surface area (Å²) in [5, 5.41) is 0. The van der Waals surface area contributed by atoms with E-state index in [1.165, 1.54) is 12.5 Å². The second-order valence-corrected chi connectivity index (χ2v) is 4.80. The Bertz CT molecular complexity index is 377. The lowest BCUT2D eigenvalue weighted by molar-refractivity contribution is -0.147. The second-order valence-electron chi connectivity index (χ2n) is 4.80. The van der Waals surface area contributed by atoms with Gasteiger partial charge in [0.25, 0.3) is 0 Å². The number of carbonyl (C=O) groups is 1. The Balaban J connectivity index is 1.91. The maximum Gasteiger partial charge on any atom is 0.302 e. The highest BCUT2D eigenvalue weighted by molar-refractivity contribution is 5.66. The predicted octanol–water partition coefficient (Wildman–Crippen LogP) is 2.07. The van der Waals surface area contributed by atoms with E-state index in [2.05, 4.69) is 36.1 Å². The monoisotopic (exact) mass is 233 g/mol. The number of rotatable bonds is 3. The van der Waals surface area contributed by atoms with Crippen molar-refractivity contribution in [1.29, 1.82) is 0 Å². The van der Waals surface area contributed by atoms with Crippen LogP contribution in [0.1, 0.15) is 19.4 Å². The summed E-state index contributed by atoms with van der Waals surface area (Å²) in [4.78, 5) is 13.3. The van der Waals surface area contributed by atoms with E-state index in [1.807, 2.05) is 6.07 Å². The first-order valence-corrected chi connectivity index (χ1v) is 6.08. The smallest absolute Gasteiger partial charge is 0.302 e. The van der Waals surface area contributed by atoms with Crippen LogP contribution >= 0.6 is 0 Å². The zero-order valence-electron chi connectivity index (χ0n) is 10.4. The highest BCUT2D eigenvalue weighted by atomic mass is 16.5. The highest BCUT2D eigenvalue weighted by Gasteiger charge is 2.31. The van der Waals surface area contributed by atoms with Gasteiger partial charge < -0.3 is 4.74 Å². The summed E-state index contributed by atoms with van der Waals surface area (Å²) in [7, 11) is 0. The fraction of sp³-hybridized carbons (Fsp3) is 0.500. The number of nitrogens with zero attached hydrogens (tertiary/aromatic N) is 1. The van der Waals surface area contributed by atoms with Gasteiger partial charge in [0, 0.05) is 32.5 Å². The summed E-state index contributed by atoms with van der Waals surface area (Å²) in [6.45, 7) is 6.39. The van der Waals surface area contributed by atoms with Gasteiger partial charge in [0.15, 0.2) is 0 Å². The third-order valence-electron chi connectivity index (χ3n) is 3.19. The minimum absolute atomic E-state index is 0.0520. The standard InChI is InChI=1S/C14H19NO2/c1-11-8-15(10-14(11)17-12(2)16)9-13-6-4-3-5-7-13/h3-7,11,14H,8-10H2,1-2H3. The van der Waals surface area contributed by atoms with Crippen LogP contribution in [0.4, 0.5) is 0 Å². The summed E-state index contributed by atoms with van der Waals surface area (Å²) in [6.07, 6.45) is 0.0520. The summed E-state index contributed by atoms with van der Waals surface area (Å²) in [5.74, 6) is 0.242. The molecule has 2 atom stereocenters. The SMILES string of the molecule is CC(=O)OC1CN(Cc2ccccc2)CC1C. The number of benzene rings is 1. The molecular formula is C14H19NO2. The zero-order chi connectivity index (χ0) is 12.3. The molecule has 3 nitrogen and oxygen atoms in total. The van der Waals surface area contributed by atoms with Gasteiger partial charge in [0.05, 0.1) is 0 Å². The van der Waals surface area contributed by atoms with Crippen LogP contribution in [0.3, 0.4) is 0 Å². The Morgan fingerprint density at radius 2 is 2.06 bits per heavy atom. The van der Waals surface area contributed by atoms with Crippen LogP contribution in [0.25, 0.3) is 0 Å². The van der Waals surface area contributed by atoms with Crippen molar-refractivity contribution in [2.45, 2.75) is 26.5 Å². The molecule has 2 unspecified atom stereocenters. The van der Waals surface area contributed by atoms with Crippen LogP contribution in [0.15, 0.2) is 30.3 Å². The third kappa shape index (κ3) is 3.30. The molecule has 2 rings (SSSR count). The van der Waals surface area contributed by atoms with E-state index >= 15 is 0 Å². The van der Waals surface area contributed by atoms with E-state index in [-0.39, 0.29) is 12.1 Å². The molecule has 17 heavy (non-hydrogen) atoms. The maximum absolute atomic E-state index is 11.0. The van der Waals surface area contributed by atoms with Crippen molar-refractivity contribution in [3.63, 3.8) is 0 Å². The Morgan fingerprint density at radius 3 is 2.71 bits per heavy atom. The molecule has 1 aliphatic rings. The fourth-order valence-electron chi connectivity index (χ4n) is 2.37. The number of esters is 1. The average molecular weight is 233 g/mol. The average Bonchev–Trinajstić information content (AvgIpc) is 2.59. The minimum Gasteiger partial charge on any atom is -0.461 e. The molecule has 0 bridgehead atoms. The Labute approximate surface area is 102 Å². The topological polar surface area (TPSA) is 29.5 Å². The summed E-state index contributed by atoms with van der Waals surface area (Å²) in [6, 6.07) is 10.4. The molecule has 0 saturated carbocycles. The molecule has 3 heteroatoms. The lowest BCUT2D eigenvalue weighted by Crippen LogP contribution is -2.25. The van der Waals surface area contributed by atoms with Gasteiger partial charge in [-0.3, -0.25) is 9.69 Å². The Kier molecular flexibility index (Phi) is 3.79. The van der Waals surface area contributed by atoms with Crippen molar-refractivity contribution in [2.24, 2.45) is 5.92 Å². The van der Waals surface area contributed by atoms with E-state index < -0.39 is 0 Å². The minimum atomic E-state index is -0.177. The molecule has 92 valence electrons. The van der Waals surface area contributed by atoms with Crippen LogP contribution in [0.2, 0.25) is 0 Å². The predicted molar refractivity (Wildman–Crippen MR) is 66.4 cm³/mol. The maximum atomic E-state index is 11.0. The van der Waals surface area contributed by atoms with Gasteiger partial charge >= 0.3 is 5.97 Å². The molecular weight excluding hydrogens is 214 g/mol. The lowest BCUT2D eigenvalue weighted by Gasteiger charge is -2.15. The molecule has 0 aromatic heterocycles. The van der Waals surface area contributed by atoms with Gasteiger partial charge in [0.2, 0.25) is 0 Å². The van der Waals surface area contributed by atoms with Crippen LogP contribution in [-0.4, -0.2) is 30.1 Å². The molecule has 0 spiro atoms. The zero-order valence-corrected chi connectivity index (χ0v) is 10.4. The summed E-state index contributed by atoms with van der Waals surface area (Å²) < 4.78 is 5.31. The molecule has 1 saturated heterocycles. The molecule has 1 aliphatic heterocycles. The second kappa shape index (κ2) is 5.32. The van der Waals surface area contributed by atoms with E-state index in [1.54, 1.807) is 0 Å². The highest BCUT2D eigenvalue weighted by Crippen LogP contribution is 2.21. The Morgan fingerprint density at radius 1 is 1.35 bits per heavy atom. The number of ether oxygens (including phenoxy) is 1. The van der Waals surface area contributed by atoms with Gasteiger partial charge in [-0.05, 0) is 5.56 Å². The molecule has 0 amide bonds. The molecule has 1 aromatic carbocycles. The molecule has 0 aliphatic carbocycles. The van der Waals surface area contributed by atoms with Gasteiger partial charge in [0.1, 0.15) is 6.10 Å². The van der Waals surface area contributed by atoms with Gasteiger partial charge in [-0.1, -0.05) is 37.3 Å². The molecule has 1 aromatic rings. The van der Waals surface area contributed by atoms with E-state index in [0.717, 1.165) is 19.6 Å². The van der Waals surface area contributed by atoms with E-state index in [9.17, 15) is 4.79 Å². The molecule has 0 radical (unpaired) electrons. The largest absolute Gasteiger partial charge is 0.461 e. The van der Waals surface area contributed by atoms with Gasteiger partial charge in [-0.25, -0.2) is 0 Å². The van der Waals surface area contributed by atoms with Crippen molar-refractivity contribution in [3.8, 4) is 0 Å². The summed E-state index contributed by atoms with van der Waals surface area (Å²) >= 11 is 0. The van der Waals surface area contributed by atoms with Crippen molar-refractivity contribution in [3.05, 3.63) is 35.9 Å². The van der Waals surface area contributed by atoms with Crippen LogP contribution in [0, 0.1) is 5.92 Å². The first-order valence-electron chi connectivity index (χ1n) is 6.08. The van der Waals surface area contributed by atoms with Crippen LogP contribution in [-0.2, 0) is 16.1 Å². The lowest BCUT2D eigenvalue weighted by atomic mass is 10.1. The summed E-state index contributed by atoms with van der Waals surface area (Å²) in [5.41, 5.74) is 1.31. The van der Waals surface area contributed by atoms with Crippen LogP contribution < -0.4 is 0 Å². The first kappa shape index (κ1) is 12.1. The van der Waals surface area contributed by atoms with Gasteiger partial charge in [-0.2, -0.15) is 0 Å². The van der Waals surface area contributed by atoms with Crippen molar-refractivity contribution in [1.82, 2.24) is 4.90 Å². The van der Waals surface area contributed by atoms with Crippen molar-refractivity contribution < 1.29 is 9.53 Å². The van der Waals surface area contributed by atoms with Crippen LogP contribution in [0.5, 0.6) is 0 Å². The normalized spacial score (nSPS) is 24.8. The number of hydrogen-bond acceptors (Lipinski definition) is 3. The van der Waals surface area contributed by atoms with E-state index in [0.29, 0.717) is 5.92 Å². The first-order chi connectivity index (χ1) is 8.15. The fourth-order valence-corrected chi connectivity index (χ4v) is 2.37. The third-order valence-corrected chi connectivity index (χ3v) is 3.19. The molecule has 1 heterocycles.